The number of likely N-dealkylation sites (tertiary alicyclic amines) is 1. The van der Waals surface area contributed by atoms with Gasteiger partial charge < -0.3 is 19.7 Å². The van der Waals surface area contributed by atoms with Gasteiger partial charge in [0.25, 0.3) is 0 Å². The van der Waals surface area contributed by atoms with Gasteiger partial charge in [-0.05, 0) is 36.2 Å². The Hall–Kier alpha value is -2.53. The molecule has 5 nitrogen and oxygen atoms in total. The maximum absolute atomic E-state index is 12.9. The number of carbonyl (C=O) groups is 1. The van der Waals surface area contributed by atoms with Crippen molar-refractivity contribution in [1.29, 1.82) is 0 Å². The molecule has 1 aliphatic heterocycles. The second-order valence-electron chi connectivity index (χ2n) is 6.58. The molecule has 0 aliphatic carbocycles. The molecular formula is C21H26N2O3. The number of carbonyl (C=O) groups excluding carboxylic acids is 1. The lowest BCUT2D eigenvalue weighted by atomic mass is 9.98. The van der Waals surface area contributed by atoms with Crippen molar-refractivity contribution in [2.75, 3.05) is 32.7 Å². The number of hydrogen-bond acceptors (Lipinski definition) is 4. The summed E-state index contributed by atoms with van der Waals surface area (Å²) in [7, 11) is 3.33. The van der Waals surface area contributed by atoms with E-state index in [4.69, 9.17) is 9.47 Å². The fourth-order valence-electron chi connectivity index (χ4n) is 3.43. The van der Waals surface area contributed by atoms with Crippen LogP contribution in [0.3, 0.4) is 0 Å². The first kappa shape index (κ1) is 18.3. The molecule has 1 fully saturated rings. The lowest BCUT2D eigenvalue weighted by Gasteiger charge is -2.25. The van der Waals surface area contributed by atoms with Gasteiger partial charge in [0.2, 0.25) is 5.91 Å². The highest BCUT2D eigenvalue weighted by Gasteiger charge is 2.37. The van der Waals surface area contributed by atoms with Crippen LogP contribution < -0.4 is 10.1 Å². The molecular weight excluding hydrogens is 328 g/mol. The third kappa shape index (κ3) is 4.35. The Bertz CT molecular complexity index is 703. The zero-order valence-electron chi connectivity index (χ0n) is 15.4. The highest BCUT2D eigenvalue weighted by atomic mass is 16.5. The summed E-state index contributed by atoms with van der Waals surface area (Å²) in [6, 6.07) is 17.8. The summed E-state index contributed by atoms with van der Waals surface area (Å²) >= 11 is 0. The SMILES string of the molecule is COC[C@@H](Nc1ccccc1)[C@@H]1CCN(Cc2ccc(OC)cc2)C1=O. The molecule has 138 valence electrons. The van der Waals surface area contributed by atoms with Crippen molar-refractivity contribution in [3.8, 4) is 5.75 Å². The Kier molecular flexibility index (Phi) is 6.12. The van der Waals surface area contributed by atoms with Crippen molar-refractivity contribution in [3.63, 3.8) is 0 Å². The molecule has 1 amide bonds. The minimum absolute atomic E-state index is 0.0317. The van der Waals surface area contributed by atoms with Gasteiger partial charge in [0.1, 0.15) is 5.75 Å². The van der Waals surface area contributed by atoms with Gasteiger partial charge in [0.05, 0.1) is 25.7 Å². The summed E-state index contributed by atoms with van der Waals surface area (Å²) in [5.41, 5.74) is 2.12. The molecule has 0 radical (unpaired) electrons. The number of para-hydroxylation sites is 1. The van der Waals surface area contributed by atoms with Crippen molar-refractivity contribution < 1.29 is 14.3 Å². The first-order valence-electron chi connectivity index (χ1n) is 8.93. The van der Waals surface area contributed by atoms with E-state index in [1.54, 1.807) is 14.2 Å². The van der Waals surface area contributed by atoms with Crippen molar-refractivity contribution in [2.45, 2.75) is 19.0 Å². The average molecular weight is 354 g/mol. The monoisotopic (exact) mass is 354 g/mol. The summed E-state index contributed by atoms with van der Waals surface area (Å²) in [4.78, 5) is 14.9. The van der Waals surface area contributed by atoms with Gasteiger partial charge in [0.15, 0.2) is 0 Å². The number of benzene rings is 2. The number of rotatable bonds is 8. The van der Waals surface area contributed by atoms with Gasteiger partial charge in [-0.2, -0.15) is 0 Å². The first-order chi connectivity index (χ1) is 12.7. The molecule has 0 spiro atoms. The Balaban J connectivity index is 1.65. The summed E-state index contributed by atoms with van der Waals surface area (Å²) in [5.74, 6) is 0.936. The molecule has 5 heteroatoms. The van der Waals surface area contributed by atoms with E-state index in [9.17, 15) is 4.79 Å². The predicted octanol–water partition coefficient (Wildman–Crippen LogP) is 3.17. The second kappa shape index (κ2) is 8.72. The molecule has 1 saturated heterocycles. The van der Waals surface area contributed by atoms with E-state index in [-0.39, 0.29) is 17.9 Å². The van der Waals surface area contributed by atoms with Crippen LogP contribution in [0.25, 0.3) is 0 Å². The molecule has 0 bridgehead atoms. The van der Waals surface area contributed by atoms with Gasteiger partial charge in [-0.3, -0.25) is 4.79 Å². The normalized spacial score (nSPS) is 18.0. The molecule has 1 N–H and O–H groups in total. The van der Waals surface area contributed by atoms with Crippen LogP contribution in [0.5, 0.6) is 5.75 Å². The number of nitrogens with one attached hydrogen (secondary N) is 1. The molecule has 1 heterocycles. The first-order valence-corrected chi connectivity index (χ1v) is 8.93. The largest absolute Gasteiger partial charge is 0.497 e. The van der Waals surface area contributed by atoms with Crippen LogP contribution in [0.1, 0.15) is 12.0 Å². The Morgan fingerprint density at radius 2 is 1.85 bits per heavy atom. The summed E-state index contributed by atoms with van der Waals surface area (Å²) in [6.07, 6.45) is 0.836. The van der Waals surface area contributed by atoms with Gasteiger partial charge in [-0.25, -0.2) is 0 Å². The standard InChI is InChI=1S/C21H26N2O3/c1-25-15-20(22-17-6-4-3-5-7-17)19-12-13-23(21(19)24)14-16-8-10-18(26-2)11-9-16/h3-11,19-20,22H,12-15H2,1-2H3/t19-,20+/m0/s1. The molecule has 3 rings (SSSR count). The predicted molar refractivity (Wildman–Crippen MR) is 102 cm³/mol. The number of ether oxygens (including phenoxy) is 2. The van der Waals surface area contributed by atoms with Gasteiger partial charge in [0, 0.05) is 25.9 Å². The third-order valence-corrected chi connectivity index (χ3v) is 4.83. The van der Waals surface area contributed by atoms with E-state index in [2.05, 4.69) is 5.32 Å². The smallest absolute Gasteiger partial charge is 0.228 e. The highest BCUT2D eigenvalue weighted by Crippen LogP contribution is 2.26. The number of methoxy groups -OCH3 is 2. The van der Waals surface area contributed by atoms with Crippen molar-refractivity contribution in [1.82, 2.24) is 4.90 Å². The van der Waals surface area contributed by atoms with Gasteiger partial charge in [-0.1, -0.05) is 30.3 Å². The van der Waals surface area contributed by atoms with Gasteiger partial charge in [-0.15, -0.1) is 0 Å². The van der Waals surface area contributed by atoms with Crippen LogP contribution in [0.2, 0.25) is 0 Å². The molecule has 2 aromatic carbocycles. The zero-order valence-corrected chi connectivity index (χ0v) is 15.4. The van der Waals surface area contributed by atoms with E-state index in [0.29, 0.717) is 13.2 Å². The topological polar surface area (TPSA) is 50.8 Å². The van der Waals surface area contributed by atoms with Crippen LogP contribution >= 0.6 is 0 Å². The van der Waals surface area contributed by atoms with Crippen molar-refractivity contribution >= 4 is 11.6 Å². The van der Waals surface area contributed by atoms with E-state index < -0.39 is 0 Å². The number of hydrogen-bond donors (Lipinski definition) is 1. The lowest BCUT2D eigenvalue weighted by molar-refractivity contribution is -0.132. The number of nitrogens with zero attached hydrogens (tertiary/aromatic N) is 1. The summed E-state index contributed by atoms with van der Waals surface area (Å²) in [5, 5.41) is 3.46. The average Bonchev–Trinajstić information content (AvgIpc) is 3.03. The quantitative estimate of drug-likeness (QED) is 0.791. The van der Waals surface area contributed by atoms with Crippen LogP contribution in [0.15, 0.2) is 54.6 Å². The molecule has 0 aromatic heterocycles. The van der Waals surface area contributed by atoms with Crippen LogP contribution in [-0.4, -0.2) is 44.2 Å². The van der Waals surface area contributed by atoms with E-state index in [1.165, 1.54) is 0 Å². The zero-order chi connectivity index (χ0) is 18.4. The van der Waals surface area contributed by atoms with Crippen LogP contribution in [-0.2, 0) is 16.1 Å². The lowest BCUT2D eigenvalue weighted by Crippen LogP contribution is -2.39. The Morgan fingerprint density at radius 1 is 1.12 bits per heavy atom. The number of anilines is 1. The third-order valence-electron chi connectivity index (χ3n) is 4.83. The summed E-state index contributed by atoms with van der Waals surface area (Å²) in [6.45, 7) is 1.90. The molecule has 26 heavy (non-hydrogen) atoms. The maximum Gasteiger partial charge on any atom is 0.228 e. The van der Waals surface area contributed by atoms with E-state index in [1.807, 2.05) is 59.5 Å². The minimum Gasteiger partial charge on any atom is -0.497 e. The molecule has 0 unspecified atom stereocenters. The summed E-state index contributed by atoms with van der Waals surface area (Å²) < 4.78 is 10.6. The minimum atomic E-state index is -0.0756. The Labute approximate surface area is 154 Å². The molecule has 2 atom stereocenters. The van der Waals surface area contributed by atoms with Crippen molar-refractivity contribution in [2.24, 2.45) is 5.92 Å². The van der Waals surface area contributed by atoms with Crippen molar-refractivity contribution in [3.05, 3.63) is 60.2 Å². The fraction of sp³-hybridized carbons (Fsp3) is 0.381. The van der Waals surface area contributed by atoms with Gasteiger partial charge >= 0.3 is 0 Å². The van der Waals surface area contributed by atoms with E-state index in [0.717, 1.165) is 30.0 Å². The highest BCUT2D eigenvalue weighted by molar-refractivity contribution is 5.82. The fourth-order valence-corrected chi connectivity index (χ4v) is 3.43. The molecule has 1 aliphatic rings. The van der Waals surface area contributed by atoms with E-state index >= 15 is 0 Å². The maximum atomic E-state index is 12.9. The number of amides is 1. The molecule has 0 saturated carbocycles. The molecule has 2 aromatic rings. The second-order valence-corrected chi connectivity index (χ2v) is 6.58. The Morgan fingerprint density at radius 3 is 2.50 bits per heavy atom. The van der Waals surface area contributed by atoms with Crippen LogP contribution in [0, 0.1) is 5.92 Å². The van der Waals surface area contributed by atoms with Crippen LogP contribution in [0.4, 0.5) is 5.69 Å².